The summed E-state index contributed by atoms with van der Waals surface area (Å²) in [6, 6.07) is 10.2. The molecule has 0 bridgehead atoms. The van der Waals surface area contributed by atoms with E-state index in [1.54, 1.807) is 0 Å². The molecule has 1 nitrogen and oxygen atoms in total. The Bertz CT molecular complexity index is 772. The number of hydrogen-bond donors (Lipinski definition) is 1. The first kappa shape index (κ1) is 11.9. The van der Waals surface area contributed by atoms with Crippen molar-refractivity contribution in [1.82, 2.24) is 4.98 Å². The van der Waals surface area contributed by atoms with Crippen LogP contribution in [0.15, 0.2) is 36.4 Å². The number of H-pyrrole nitrogens is 1. The SMILES string of the molecule is Cc1cccc(-c2[nH]c3c(F)cc(F)cc3c2C)c1. The van der Waals surface area contributed by atoms with Gasteiger partial charge in [-0.25, -0.2) is 8.78 Å². The highest BCUT2D eigenvalue weighted by Gasteiger charge is 2.13. The minimum atomic E-state index is -0.558. The summed E-state index contributed by atoms with van der Waals surface area (Å²) in [4.78, 5) is 3.06. The smallest absolute Gasteiger partial charge is 0.150 e. The van der Waals surface area contributed by atoms with E-state index in [0.717, 1.165) is 28.5 Å². The van der Waals surface area contributed by atoms with E-state index in [1.807, 2.05) is 38.1 Å². The van der Waals surface area contributed by atoms with E-state index >= 15 is 0 Å². The number of nitrogens with one attached hydrogen (secondary N) is 1. The Kier molecular flexibility index (Phi) is 2.63. The third-order valence-corrected chi connectivity index (χ3v) is 3.39. The van der Waals surface area contributed by atoms with Crippen LogP contribution in [0, 0.1) is 25.5 Å². The molecule has 3 heteroatoms. The van der Waals surface area contributed by atoms with Crippen LogP contribution in [0.3, 0.4) is 0 Å². The predicted octanol–water partition coefficient (Wildman–Crippen LogP) is 4.73. The number of aryl methyl sites for hydroxylation is 2. The van der Waals surface area contributed by atoms with Crippen molar-refractivity contribution >= 4 is 10.9 Å². The van der Waals surface area contributed by atoms with Gasteiger partial charge in [0.1, 0.15) is 11.6 Å². The van der Waals surface area contributed by atoms with Crippen LogP contribution in [0.25, 0.3) is 22.2 Å². The first-order chi connectivity index (χ1) is 9.06. The van der Waals surface area contributed by atoms with Gasteiger partial charge in [-0.3, -0.25) is 0 Å². The van der Waals surface area contributed by atoms with Crippen LogP contribution in [0.2, 0.25) is 0 Å². The van der Waals surface area contributed by atoms with Crippen LogP contribution in [-0.4, -0.2) is 4.98 Å². The highest BCUT2D eigenvalue weighted by Crippen LogP contribution is 2.31. The van der Waals surface area contributed by atoms with E-state index in [9.17, 15) is 8.78 Å². The summed E-state index contributed by atoms with van der Waals surface area (Å²) in [5.74, 6) is -1.11. The van der Waals surface area contributed by atoms with Crippen molar-refractivity contribution in [3.63, 3.8) is 0 Å². The fourth-order valence-corrected chi connectivity index (χ4v) is 2.44. The fourth-order valence-electron chi connectivity index (χ4n) is 2.44. The first-order valence-corrected chi connectivity index (χ1v) is 6.10. The number of hydrogen-bond acceptors (Lipinski definition) is 0. The van der Waals surface area contributed by atoms with Gasteiger partial charge >= 0.3 is 0 Å². The molecule has 0 aliphatic heterocycles. The maximum absolute atomic E-state index is 13.8. The van der Waals surface area contributed by atoms with Crippen molar-refractivity contribution in [2.24, 2.45) is 0 Å². The van der Waals surface area contributed by atoms with Gasteiger partial charge in [-0.1, -0.05) is 23.8 Å². The summed E-state index contributed by atoms with van der Waals surface area (Å²) in [5.41, 5.74) is 4.16. The van der Waals surface area contributed by atoms with Gasteiger partial charge in [-0.15, -0.1) is 0 Å². The van der Waals surface area contributed by atoms with Crippen molar-refractivity contribution in [3.8, 4) is 11.3 Å². The molecule has 0 unspecified atom stereocenters. The molecule has 3 aromatic rings. The highest BCUT2D eigenvalue weighted by molar-refractivity contribution is 5.90. The minimum Gasteiger partial charge on any atom is -0.352 e. The maximum Gasteiger partial charge on any atom is 0.150 e. The van der Waals surface area contributed by atoms with Crippen LogP contribution < -0.4 is 0 Å². The lowest BCUT2D eigenvalue weighted by molar-refractivity contribution is 0.591. The van der Waals surface area contributed by atoms with E-state index in [-0.39, 0.29) is 0 Å². The van der Waals surface area contributed by atoms with Gasteiger partial charge < -0.3 is 4.98 Å². The summed E-state index contributed by atoms with van der Waals surface area (Å²) in [5, 5.41) is 0.592. The standard InChI is InChI=1S/C16H13F2N/c1-9-4-3-5-11(6-9)15-10(2)13-7-12(17)8-14(18)16(13)19-15/h3-8,19H,1-2H3. The predicted molar refractivity (Wildman–Crippen MR) is 73.1 cm³/mol. The van der Waals surface area contributed by atoms with Crippen molar-refractivity contribution in [1.29, 1.82) is 0 Å². The first-order valence-electron chi connectivity index (χ1n) is 6.10. The van der Waals surface area contributed by atoms with E-state index in [1.165, 1.54) is 6.07 Å². The zero-order valence-electron chi connectivity index (χ0n) is 10.7. The average Bonchev–Trinajstić information content (AvgIpc) is 2.68. The van der Waals surface area contributed by atoms with Crippen LogP contribution >= 0.6 is 0 Å². The third-order valence-electron chi connectivity index (χ3n) is 3.39. The zero-order valence-corrected chi connectivity index (χ0v) is 10.7. The molecule has 0 aliphatic rings. The van der Waals surface area contributed by atoms with E-state index < -0.39 is 11.6 Å². The van der Waals surface area contributed by atoms with E-state index in [4.69, 9.17) is 0 Å². The molecule has 1 heterocycles. The van der Waals surface area contributed by atoms with Gasteiger partial charge in [-0.2, -0.15) is 0 Å². The molecule has 96 valence electrons. The number of rotatable bonds is 1. The second-order valence-corrected chi connectivity index (χ2v) is 4.80. The van der Waals surface area contributed by atoms with Gasteiger partial charge in [0.05, 0.1) is 5.52 Å². The molecule has 0 aliphatic carbocycles. The molecule has 0 radical (unpaired) electrons. The van der Waals surface area contributed by atoms with Gasteiger partial charge in [0.15, 0.2) is 0 Å². The zero-order chi connectivity index (χ0) is 13.6. The monoisotopic (exact) mass is 257 g/mol. The number of halogens is 2. The molecule has 19 heavy (non-hydrogen) atoms. The quantitative estimate of drug-likeness (QED) is 0.648. The van der Waals surface area contributed by atoms with Crippen LogP contribution in [0.5, 0.6) is 0 Å². The Labute approximate surface area is 109 Å². The molecule has 0 spiro atoms. The fraction of sp³-hybridized carbons (Fsp3) is 0.125. The molecular weight excluding hydrogens is 244 g/mol. The van der Waals surface area contributed by atoms with Crippen molar-refractivity contribution < 1.29 is 8.78 Å². The molecule has 0 amide bonds. The second-order valence-electron chi connectivity index (χ2n) is 4.80. The molecule has 0 saturated carbocycles. The third kappa shape index (κ3) is 1.91. The molecule has 3 rings (SSSR count). The second kappa shape index (κ2) is 4.19. The summed E-state index contributed by atoms with van der Waals surface area (Å²) in [7, 11) is 0. The lowest BCUT2D eigenvalue weighted by Crippen LogP contribution is -1.82. The van der Waals surface area contributed by atoms with E-state index in [2.05, 4.69) is 4.98 Å². The van der Waals surface area contributed by atoms with Crippen LogP contribution in [0.1, 0.15) is 11.1 Å². The van der Waals surface area contributed by atoms with Crippen LogP contribution in [-0.2, 0) is 0 Å². The summed E-state index contributed by atoms with van der Waals surface area (Å²) >= 11 is 0. The van der Waals surface area contributed by atoms with E-state index in [0.29, 0.717) is 10.9 Å². The maximum atomic E-state index is 13.8. The summed E-state index contributed by atoms with van der Waals surface area (Å²) < 4.78 is 27.1. The average molecular weight is 257 g/mol. The largest absolute Gasteiger partial charge is 0.352 e. The number of aromatic amines is 1. The molecule has 1 N–H and O–H groups in total. The van der Waals surface area contributed by atoms with Crippen molar-refractivity contribution in [2.75, 3.05) is 0 Å². The molecule has 1 aromatic heterocycles. The Hall–Kier alpha value is -2.16. The number of aromatic nitrogens is 1. The lowest BCUT2D eigenvalue weighted by Gasteiger charge is -2.01. The Morgan fingerprint density at radius 1 is 1.00 bits per heavy atom. The topological polar surface area (TPSA) is 15.8 Å². The highest BCUT2D eigenvalue weighted by atomic mass is 19.1. The Morgan fingerprint density at radius 2 is 1.79 bits per heavy atom. The molecular formula is C16H13F2N. The van der Waals surface area contributed by atoms with Crippen molar-refractivity contribution in [3.05, 3.63) is 59.2 Å². The molecule has 0 atom stereocenters. The van der Waals surface area contributed by atoms with Gasteiger partial charge in [-0.05, 0) is 37.1 Å². The normalized spacial score (nSPS) is 11.2. The number of benzene rings is 2. The van der Waals surface area contributed by atoms with Gasteiger partial charge in [0.2, 0.25) is 0 Å². The van der Waals surface area contributed by atoms with Gasteiger partial charge in [0, 0.05) is 17.1 Å². The van der Waals surface area contributed by atoms with Gasteiger partial charge in [0.25, 0.3) is 0 Å². The molecule has 0 fully saturated rings. The molecule has 2 aromatic carbocycles. The Balaban J connectivity index is 2.31. The van der Waals surface area contributed by atoms with Crippen molar-refractivity contribution in [2.45, 2.75) is 13.8 Å². The lowest BCUT2D eigenvalue weighted by atomic mass is 10.0. The van der Waals surface area contributed by atoms with Crippen LogP contribution in [0.4, 0.5) is 8.78 Å². The molecule has 0 saturated heterocycles. The Morgan fingerprint density at radius 3 is 2.53 bits per heavy atom. The summed E-state index contributed by atoms with van der Waals surface area (Å²) in [6.07, 6.45) is 0. The number of fused-ring (bicyclic) bond motifs is 1. The summed E-state index contributed by atoms with van der Waals surface area (Å²) in [6.45, 7) is 3.87. The minimum absolute atomic E-state index is 0.357.